The molecule has 0 aliphatic heterocycles. The number of anilines is 2. The standard InChI is InChI=1S/C25H24F4N6O2S/c1-10-18(24-34-19-11(2)30-7-6-17(19)38-24)23(33-16-8-12(22(28)29)20(36)21(16)37)35-25(32-10)31-9-13-14(26)4-3-5-15(13)27/h3-7,12,16,20-22,36-37H,8-9H2,1-2H3,(H2,31,32,33,35)/t12-,16+,20+,21-/m0/s1. The minimum atomic E-state index is -2.81. The molecule has 200 valence electrons. The second-order valence-corrected chi connectivity index (χ2v) is 10.2. The Labute approximate surface area is 218 Å². The second-order valence-electron chi connectivity index (χ2n) is 9.14. The van der Waals surface area contributed by atoms with Crippen LogP contribution >= 0.6 is 11.3 Å². The Kier molecular flexibility index (Phi) is 7.16. The molecule has 4 N–H and O–H groups in total. The third-order valence-corrected chi connectivity index (χ3v) is 7.69. The van der Waals surface area contributed by atoms with Gasteiger partial charge in [0.15, 0.2) is 0 Å². The fourth-order valence-electron chi connectivity index (χ4n) is 4.61. The summed E-state index contributed by atoms with van der Waals surface area (Å²) in [7, 11) is 0. The molecule has 0 saturated heterocycles. The Morgan fingerprint density at radius 3 is 2.42 bits per heavy atom. The van der Waals surface area contributed by atoms with Gasteiger partial charge in [0.25, 0.3) is 0 Å². The molecule has 0 radical (unpaired) electrons. The van der Waals surface area contributed by atoms with Crippen LogP contribution in [0.5, 0.6) is 0 Å². The number of hydrogen-bond acceptors (Lipinski definition) is 9. The first kappa shape index (κ1) is 26.2. The quantitative estimate of drug-likeness (QED) is 0.251. The molecule has 1 saturated carbocycles. The Morgan fingerprint density at radius 2 is 1.76 bits per heavy atom. The zero-order valence-corrected chi connectivity index (χ0v) is 21.1. The molecule has 8 nitrogen and oxygen atoms in total. The van der Waals surface area contributed by atoms with Gasteiger partial charge in [0.1, 0.15) is 34.1 Å². The zero-order chi connectivity index (χ0) is 27.1. The highest BCUT2D eigenvalue weighted by Gasteiger charge is 2.46. The summed E-state index contributed by atoms with van der Waals surface area (Å²) in [5.74, 6) is -2.68. The summed E-state index contributed by atoms with van der Waals surface area (Å²) in [4.78, 5) is 17.9. The van der Waals surface area contributed by atoms with E-state index in [1.807, 2.05) is 13.0 Å². The number of pyridine rings is 1. The molecule has 1 aromatic carbocycles. The van der Waals surface area contributed by atoms with Crippen molar-refractivity contribution in [2.45, 2.75) is 51.5 Å². The van der Waals surface area contributed by atoms with E-state index in [2.05, 4.69) is 30.6 Å². The van der Waals surface area contributed by atoms with Crippen molar-refractivity contribution in [3.63, 3.8) is 0 Å². The maximum Gasteiger partial charge on any atom is 0.244 e. The van der Waals surface area contributed by atoms with Crippen LogP contribution in [0.3, 0.4) is 0 Å². The fourth-order valence-corrected chi connectivity index (χ4v) is 5.72. The van der Waals surface area contributed by atoms with Crippen LogP contribution < -0.4 is 10.6 Å². The molecule has 0 unspecified atom stereocenters. The van der Waals surface area contributed by atoms with Crippen LogP contribution in [0.25, 0.3) is 20.8 Å². The lowest BCUT2D eigenvalue weighted by molar-refractivity contribution is -0.0333. The van der Waals surface area contributed by atoms with E-state index in [0.717, 1.165) is 22.5 Å². The highest BCUT2D eigenvalue weighted by molar-refractivity contribution is 7.21. The molecule has 38 heavy (non-hydrogen) atoms. The van der Waals surface area contributed by atoms with Gasteiger partial charge in [-0.2, -0.15) is 4.98 Å². The van der Waals surface area contributed by atoms with Crippen LogP contribution in [-0.2, 0) is 6.54 Å². The summed E-state index contributed by atoms with van der Waals surface area (Å²) >= 11 is 1.35. The average molecular weight is 549 g/mol. The number of hydrogen-bond donors (Lipinski definition) is 4. The lowest BCUT2D eigenvalue weighted by Gasteiger charge is -2.21. The molecule has 3 aromatic heterocycles. The van der Waals surface area contributed by atoms with Crippen molar-refractivity contribution in [2.75, 3.05) is 10.6 Å². The van der Waals surface area contributed by atoms with E-state index < -0.39 is 42.2 Å². The topological polar surface area (TPSA) is 116 Å². The van der Waals surface area contributed by atoms with Gasteiger partial charge < -0.3 is 20.8 Å². The van der Waals surface area contributed by atoms with Crippen molar-refractivity contribution in [1.82, 2.24) is 19.9 Å². The minimum absolute atomic E-state index is 0.0220. The predicted molar refractivity (Wildman–Crippen MR) is 135 cm³/mol. The third kappa shape index (κ3) is 4.88. The van der Waals surface area contributed by atoms with Crippen LogP contribution in [0.4, 0.5) is 29.3 Å². The number of thiazole rings is 1. The molecule has 5 rings (SSSR count). The summed E-state index contributed by atoms with van der Waals surface area (Å²) < 4.78 is 56.0. The maximum absolute atomic E-state index is 14.1. The van der Waals surface area contributed by atoms with Gasteiger partial charge in [-0.1, -0.05) is 6.07 Å². The molecular weight excluding hydrogens is 524 g/mol. The van der Waals surface area contributed by atoms with E-state index in [1.165, 1.54) is 17.4 Å². The van der Waals surface area contributed by atoms with E-state index in [-0.39, 0.29) is 30.3 Å². The number of aromatic nitrogens is 4. The van der Waals surface area contributed by atoms with E-state index in [4.69, 9.17) is 0 Å². The van der Waals surface area contributed by atoms with E-state index in [0.29, 0.717) is 21.8 Å². The number of aryl methyl sites for hydroxylation is 2. The number of alkyl halides is 2. The zero-order valence-electron chi connectivity index (χ0n) is 20.3. The number of fused-ring (bicyclic) bond motifs is 1. The Bertz CT molecular complexity index is 1470. The van der Waals surface area contributed by atoms with Gasteiger partial charge in [-0.05, 0) is 38.5 Å². The van der Waals surface area contributed by atoms with Gasteiger partial charge in [-0.3, -0.25) is 4.98 Å². The highest BCUT2D eigenvalue weighted by Crippen LogP contribution is 2.39. The van der Waals surface area contributed by atoms with Gasteiger partial charge in [0.2, 0.25) is 12.4 Å². The first-order chi connectivity index (χ1) is 18.1. The minimum Gasteiger partial charge on any atom is -0.390 e. The van der Waals surface area contributed by atoms with Crippen LogP contribution in [0.15, 0.2) is 30.5 Å². The lowest BCUT2D eigenvalue weighted by Crippen LogP contribution is -2.36. The highest BCUT2D eigenvalue weighted by atomic mass is 32.1. The molecule has 3 heterocycles. The molecule has 0 bridgehead atoms. The maximum atomic E-state index is 14.1. The number of halogens is 4. The summed E-state index contributed by atoms with van der Waals surface area (Å²) in [6.45, 7) is 3.26. The fraction of sp³-hybridized carbons (Fsp3) is 0.360. The molecule has 0 spiro atoms. The van der Waals surface area contributed by atoms with Crippen molar-refractivity contribution < 1.29 is 27.8 Å². The molecule has 4 atom stereocenters. The molecular formula is C25H24F4N6O2S. The lowest BCUT2D eigenvalue weighted by atomic mass is 10.1. The molecule has 0 amide bonds. The van der Waals surface area contributed by atoms with Crippen molar-refractivity contribution in [2.24, 2.45) is 5.92 Å². The smallest absolute Gasteiger partial charge is 0.244 e. The summed E-state index contributed by atoms with van der Waals surface area (Å²) in [6, 6.07) is 4.41. The number of benzene rings is 1. The second kappa shape index (κ2) is 10.4. The normalized spacial score (nSPS) is 21.4. The number of rotatable bonds is 7. The number of nitrogens with zero attached hydrogens (tertiary/aromatic N) is 4. The van der Waals surface area contributed by atoms with Crippen LogP contribution in [0.1, 0.15) is 23.4 Å². The van der Waals surface area contributed by atoms with Gasteiger partial charge in [0, 0.05) is 18.3 Å². The summed E-state index contributed by atoms with van der Waals surface area (Å²) in [6.07, 6.45) is -4.43. The predicted octanol–water partition coefficient (Wildman–Crippen LogP) is 4.44. The van der Waals surface area contributed by atoms with Crippen molar-refractivity contribution in [3.05, 3.63) is 59.0 Å². The van der Waals surface area contributed by atoms with Crippen LogP contribution in [0.2, 0.25) is 0 Å². The van der Waals surface area contributed by atoms with Gasteiger partial charge in [-0.25, -0.2) is 27.5 Å². The van der Waals surface area contributed by atoms with Crippen molar-refractivity contribution in [3.8, 4) is 10.6 Å². The van der Waals surface area contributed by atoms with Crippen molar-refractivity contribution >= 4 is 33.3 Å². The first-order valence-corrected chi connectivity index (χ1v) is 12.6. The summed E-state index contributed by atoms with van der Waals surface area (Å²) in [5.41, 5.74) is 2.12. The molecule has 1 fully saturated rings. The van der Waals surface area contributed by atoms with Gasteiger partial charge >= 0.3 is 0 Å². The van der Waals surface area contributed by atoms with E-state index >= 15 is 0 Å². The van der Waals surface area contributed by atoms with Gasteiger partial charge in [0.05, 0.1) is 39.7 Å². The Hall–Kier alpha value is -3.42. The number of aliphatic hydroxyl groups is 2. The molecule has 1 aliphatic carbocycles. The molecule has 1 aliphatic rings. The molecule has 13 heteroatoms. The first-order valence-electron chi connectivity index (χ1n) is 11.8. The summed E-state index contributed by atoms with van der Waals surface area (Å²) in [5, 5.41) is 27.0. The number of nitrogens with one attached hydrogen (secondary N) is 2. The van der Waals surface area contributed by atoms with E-state index in [1.54, 1.807) is 13.1 Å². The van der Waals surface area contributed by atoms with Crippen LogP contribution in [-0.4, -0.2) is 54.8 Å². The molecule has 4 aromatic rings. The number of aliphatic hydroxyl groups excluding tert-OH is 2. The Morgan fingerprint density at radius 1 is 1.03 bits per heavy atom. The monoisotopic (exact) mass is 548 g/mol. The largest absolute Gasteiger partial charge is 0.390 e. The van der Waals surface area contributed by atoms with E-state index in [9.17, 15) is 27.8 Å². The average Bonchev–Trinajstić information content (AvgIpc) is 3.41. The van der Waals surface area contributed by atoms with Crippen molar-refractivity contribution in [1.29, 1.82) is 0 Å². The third-order valence-electron chi connectivity index (χ3n) is 6.65. The SMILES string of the molecule is Cc1nc(NCc2c(F)cccc2F)nc(N[C@@H]2C[C@H](C(F)F)[C@@H](O)[C@H]2O)c1-c1nc2c(C)nccc2s1. The Balaban J connectivity index is 1.54. The van der Waals surface area contributed by atoms with Gasteiger partial charge in [-0.15, -0.1) is 11.3 Å². The van der Waals surface area contributed by atoms with Crippen LogP contribution in [0, 0.1) is 31.4 Å².